The van der Waals surface area contributed by atoms with Gasteiger partial charge in [-0.2, -0.15) is 0 Å². The van der Waals surface area contributed by atoms with Gasteiger partial charge in [-0.05, 0) is 32.9 Å². The molecule has 0 bridgehead atoms. The van der Waals surface area contributed by atoms with Gasteiger partial charge in [0.25, 0.3) is 10.0 Å². The molecule has 1 saturated carbocycles. The van der Waals surface area contributed by atoms with Crippen LogP contribution in [0.1, 0.15) is 29.6 Å². The molecule has 2 N–H and O–H groups in total. The maximum Gasteiger partial charge on any atom is 0.265 e. The van der Waals surface area contributed by atoms with E-state index in [1.165, 1.54) is 11.3 Å². The van der Waals surface area contributed by atoms with E-state index in [1.807, 2.05) is 7.05 Å². The van der Waals surface area contributed by atoms with E-state index in [2.05, 4.69) is 24.8 Å². The Labute approximate surface area is 127 Å². The molecule has 0 aliphatic heterocycles. The van der Waals surface area contributed by atoms with E-state index >= 15 is 0 Å². The van der Waals surface area contributed by atoms with Gasteiger partial charge in [0.1, 0.15) is 9.90 Å². The maximum atomic E-state index is 12.4. The van der Waals surface area contributed by atoms with Crippen molar-refractivity contribution in [3.05, 3.63) is 23.0 Å². The van der Waals surface area contributed by atoms with E-state index in [-0.39, 0.29) is 4.90 Å². The Morgan fingerprint density at radius 1 is 1.43 bits per heavy atom. The molecule has 2 aromatic heterocycles. The van der Waals surface area contributed by atoms with Crippen LogP contribution in [0.2, 0.25) is 0 Å². The third-order valence-electron chi connectivity index (χ3n) is 3.26. The van der Waals surface area contributed by atoms with Crippen LogP contribution in [0.15, 0.2) is 17.2 Å². The van der Waals surface area contributed by atoms with Gasteiger partial charge >= 0.3 is 0 Å². The van der Waals surface area contributed by atoms with Gasteiger partial charge in [-0.1, -0.05) is 11.3 Å². The van der Waals surface area contributed by atoms with Crippen LogP contribution in [-0.4, -0.2) is 30.2 Å². The predicted molar refractivity (Wildman–Crippen MR) is 80.9 cm³/mol. The molecular weight excluding hydrogens is 310 g/mol. The monoisotopic (exact) mass is 327 g/mol. The molecule has 114 valence electrons. The summed E-state index contributed by atoms with van der Waals surface area (Å²) in [6.07, 6.45) is 3.92. The molecule has 7 nitrogen and oxygen atoms in total. The smallest absolute Gasteiger partial charge is 0.265 e. The number of anilines is 1. The number of sulfonamides is 1. The average molecular weight is 327 g/mol. The van der Waals surface area contributed by atoms with Crippen molar-refractivity contribution in [1.29, 1.82) is 0 Å². The van der Waals surface area contributed by atoms with Gasteiger partial charge in [-0.25, -0.2) is 8.42 Å². The van der Waals surface area contributed by atoms with E-state index in [4.69, 9.17) is 0 Å². The molecule has 0 saturated heterocycles. The molecule has 2 aromatic rings. The number of hydrogen-bond donors (Lipinski definition) is 2. The number of rotatable bonds is 6. The summed E-state index contributed by atoms with van der Waals surface area (Å²) < 4.78 is 29.4. The number of aryl methyl sites for hydroxylation is 1. The van der Waals surface area contributed by atoms with Gasteiger partial charge in [0, 0.05) is 24.5 Å². The second-order valence-electron chi connectivity index (χ2n) is 5.07. The summed E-state index contributed by atoms with van der Waals surface area (Å²) in [6, 6.07) is 2.14. The fraction of sp³-hybridized carbons (Fsp3) is 0.500. The first-order chi connectivity index (χ1) is 9.99. The molecule has 9 heteroatoms. The second-order valence-corrected chi connectivity index (χ2v) is 7.93. The number of hydrogen-bond acceptors (Lipinski definition) is 6. The van der Waals surface area contributed by atoms with Crippen molar-refractivity contribution in [3.63, 3.8) is 0 Å². The van der Waals surface area contributed by atoms with E-state index < -0.39 is 10.0 Å². The molecule has 2 heterocycles. The summed E-state index contributed by atoms with van der Waals surface area (Å²) in [6.45, 7) is 2.42. The summed E-state index contributed by atoms with van der Waals surface area (Å²) in [4.78, 5) is 0.271. The summed E-state index contributed by atoms with van der Waals surface area (Å²) in [7, 11) is -1.77. The van der Waals surface area contributed by atoms with Crippen LogP contribution in [0.3, 0.4) is 0 Å². The molecule has 1 aliphatic rings. The van der Waals surface area contributed by atoms with Crippen molar-refractivity contribution in [3.8, 4) is 0 Å². The van der Waals surface area contributed by atoms with Crippen LogP contribution in [0.25, 0.3) is 0 Å². The predicted octanol–water partition coefficient (Wildman–Crippen LogP) is 1.50. The molecule has 0 atom stereocenters. The van der Waals surface area contributed by atoms with Crippen LogP contribution in [-0.2, 0) is 16.6 Å². The van der Waals surface area contributed by atoms with E-state index in [0.717, 1.165) is 23.5 Å². The third-order valence-corrected chi connectivity index (χ3v) is 5.45. The average Bonchev–Trinajstić information content (AvgIpc) is 3.05. The van der Waals surface area contributed by atoms with E-state index in [0.29, 0.717) is 17.7 Å². The highest BCUT2D eigenvalue weighted by atomic mass is 32.2. The first-order valence-corrected chi connectivity index (χ1v) is 8.98. The molecule has 0 spiro atoms. The van der Waals surface area contributed by atoms with E-state index in [9.17, 15) is 8.42 Å². The van der Waals surface area contributed by atoms with Crippen molar-refractivity contribution >= 4 is 26.5 Å². The lowest BCUT2D eigenvalue weighted by Crippen LogP contribution is -2.12. The Balaban J connectivity index is 1.89. The fourth-order valence-corrected chi connectivity index (χ4v) is 4.04. The normalized spacial score (nSPS) is 15.3. The first-order valence-electron chi connectivity index (χ1n) is 6.68. The molecule has 21 heavy (non-hydrogen) atoms. The van der Waals surface area contributed by atoms with E-state index in [1.54, 1.807) is 19.2 Å². The minimum atomic E-state index is -3.62. The summed E-state index contributed by atoms with van der Waals surface area (Å²) in [5.74, 6) is 0. The molecule has 1 aliphatic carbocycles. The molecule has 0 radical (unpaired) electrons. The minimum absolute atomic E-state index is 0.271. The van der Waals surface area contributed by atoms with Crippen LogP contribution >= 0.6 is 11.3 Å². The SMILES string of the molecule is CNCc1cc(S(=O)(=O)Nc2nnc(C)s2)cn1C1CC1. The van der Waals surface area contributed by atoms with Gasteiger partial charge in [-0.15, -0.1) is 10.2 Å². The molecule has 0 amide bonds. The summed E-state index contributed by atoms with van der Waals surface area (Å²) in [5, 5.41) is 11.7. The van der Waals surface area contributed by atoms with Gasteiger partial charge in [-0.3, -0.25) is 4.72 Å². The summed E-state index contributed by atoms with van der Waals surface area (Å²) >= 11 is 1.22. The van der Waals surface area contributed by atoms with Gasteiger partial charge < -0.3 is 9.88 Å². The highest BCUT2D eigenvalue weighted by Gasteiger charge is 2.28. The lowest BCUT2D eigenvalue weighted by atomic mass is 10.4. The standard InChI is InChI=1S/C12H17N5O2S2/c1-8-14-15-12(20-8)16-21(18,19)11-5-10(6-13-2)17(7-11)9-3-4-9/h5,7,9,13H,3-4,6H2,1-2H3,(H,15,16). The second kappa shape index (κ2) is 5.39. The summed E-state index contributed by atoms with van der Waals surface area (Å²) in [5.41, 5.74) is 0.980. The molecule has 1 fully saturated rings. The zero-order valence-electron chi connectivity index (χ0n) is 11.8. The number of aromatic nitrogens is 3. The molecule has 3 rings (SSSR count). The molecular formula is C12H17N5O2S2. The quantitative estimate of drug-likeness (QED) is 0.839. The highest BCUT2D eigenvalue weighted by Crippen LogP contribution is 2.37. The Morgan fingerprint density at radius 2 is 2.19 bits per heavy atom. The van der Waals surface area contributed by atoms with Crippen molar-refractivity contribution < 1.29 is 8.42 Å². The Bertz CT molecular complexity index is 746. The van der Waals surface area contributed by atoms with Gasteiger partial charge in [0.15, 0.2) is 0 Å². The Kier molecular flexibility index (Phi) is 3.72. The zero-order valence-corrected chi connectivity index (χ0v) is 13.5. The largest absolute Gasteiger partial charge is 0.346 e. The zero-order chi connectivity index (χ0) is 15.0. The lowest BCUT2D eigenvalue weighted by molar-refractivity contribution is 0.600. The van der Waals surface area contributed by atoms with Crippen LogP contribution in [0, 0.1) is 6.92 Å². The fourth-order valence-electron chi connectivity index (χ4n) is 2.17. The van der Waals surface area contributed by atoms with Gasteiger partial charge in [0.05, 0.1) is 0 Å². The van der Waals surface area contributed by atoms with Crippen LogP contribution in [0.4, 0.5) is 5.13 Å². The van der Waals surface area contributed by atoms with Crippen molar-refractivity contribution in [2.24, 2.45) is 0 Å². The van der Waals surface area contributed by atoms with Crippen molar-refractivity contribution in [2.75, 3.05) is 11.8 Å². The maximum absolute atomic E-state index is 12.4. The topological polar surface area (TPSA) is 88.9 Å². The Morgan fingerprint density at radius 3 is 2.76 bits per heavy atom. The van der Waals surface area contributed by atoms with Crippen molar-refractivity contribution in [1.82, 2.24) is 20.1 Å². The molecule has 0 aromatic carbocycles. The highest BCUT2D eigenvalue weighted by molar-refractivity contribution is 7.93. The van der Waals surface area contributed by atoms with Crippen molar-refractivity contribution in [2.45, 2.75) is 37.2 Å². The molecule has 0 unspecified atom stereocenters. The Hall–Kier alpha value is -1.45. The first kappa shape index (κ1) is 14.5. The lowest BCUT2D eigenvalue weighted by Gasteiger charge is -2.05. The van der Waals surface area contributed by atoms with Gasteiger partial charge in [0.2, 0.25) is 5.13 Å². The van der Waals surface area contributed by atoms with Crippen LogP contribution in [0.5, 0.6) is 0 Å². The minimum Gasteiger partial charge on any atom is -0.346 e. The number of nitrogens with zero attached hydrogens (tertiary/aromatic N) is 3. The van der Waals surface area contributed by atoms with Crippen LogP contribution < -0.4 is 10.0 Å². The number of nitrogens with one attached hydrogen (secondary N) is 2. The third kappa shape index (κ3) is 3.09.